The molecule has 0 spiro atoms. The maximum atomic E-state index is 8.73. The van der Waals surface area contributed by atoms with Gasteiger partial charge in [-0.2, -0.15) is 5.26 Å². The quantitative estimate of drug-likeness (QED) is 0.803. The third kappa shape index (κ3) is 1.86. The lowest BCUT2D eigenvalue weighted by molar-refractivity contribution is -0.0813. The van der Waals surface area contributed by atoms with Crippen molar-refractivity contribution in [3.05, 3.63) is 22.3 Å². The molecule has 1 fully saturated rings. The molecule has 1 aliphatic rings. The summed E-state index contributed by atoms with van der Waals surface area (Å²) in [6.07, 6.45) is 0.0789. The van der Waals surface area contributed by atoms with E-state index in [-0.39, 0.29) is 6.10 Å². The Balaban J connectivity index is 2.14. The van der Waals surface area contributed by atoms with Crippen molar-refractivity contribution in [3.8, 4) is 11.9 Å². The molecule has 1 aromatic rings. The summed E-state index contributed by atoms with van der Waals surface area (Å²) in [5.41, 5.74) is 0.336. The zero-order valence-corrected chi connectivity index (χ0v) is 8.82. The monoisotopic (exact) mass is 254 g/mol. The topological polar surface area (TPSA) is 55.1 Å². The van der Waals surface area contributed by atoms with Crippen molar-refractivity contribution in [2.45, 2.75) is 6.10 Å². The van der Waals surface area contributed by atoms with Gasteiger partial charge >= 0.3 is 0 Å². The molecule has 0 N–H and O–H groups in total. The van der Waals surface area contributed by atoms with Crippen LogP contribution >= 0.6 is 15.9 Å². The van der Waals surface area contributed by atoms with Gasteiger partial charge in [0.1, 0.15) is 12.2 Å². The minimum Gasteiger partial charge on any atom is -0.469 e. The minimum atomic E-state index is 0.0789. The molecule has 0 amide bonds. The van der Waals surface area contributed by atoms with Gasteiger partial charge in [0.15, 0.2) is 5.69 Å². The highest BCUT2D eigenvalue weighted by atomic mass is 79.9. The van der Waals surface area contributed by atoms with Crippen molar-refractivity contribution in [2.75, 3.05) is 13.2 Å². The molecule has 2 rings (SSSR count). The number of halogens is 1. The SMILES string of the molecule is N#Cc1nc(OC2COC2)ccc1Br. The van der Waals surface area contributed by atoms with E-state index in [1.807, 2.05) is 6.07 Å². The molecule has 1 aliphatic heterocycles. The third-order valence-corrected chi connectivity index (χ3v) is 2.46. The molecule has 4 nitrogen and oxygen atoms in total. The Morgan fingerprint density at radius 1 is 1.57 bits per heavy atom. The Labute approximate surface area is 89.6 Å². The van der Waals surface area contributed by atoms with E-state index in [0.29, 0.717) is 29.3 Å². The van der Waals surface area contributed by atoms with Gasteiger partial charge in [-0.25, -0.2) is 4.98 Å². The van der Waals surface area contributed by atoms with Crippen LogP contribution in [0.15, 0.2) is 16.6 Å². The van der Waals surface area contributed by atoms with E-state index in [2.05, 4.69) is 20.9 Å². The van der Waals surface area contributed by atoms with Crippen LogP contribution in [-0.2, 0) is 4.74 Å². The lowest BCUT2D eigenvalue weighted by Gasteiger charge is -2.26. The molecular weight excluding hydrogens is 248 g/mol. The molecular formula is C9H7BrN2O2. The van der Waals surface area contributed by atoms with Crippen LogP contribution < -0.4 is 4.74 Å². The predicted molar refractivity (Wildman–Crippen MR) is 51.9 cm³/mol. The summed E-state index contributed by atoms with van der Waals surface area (Å²) in [5, 5.41) is 8.73. The Hall–Kier alpha value is -1.12. The lowest BCUT2D eigenvalue weighted by Crippen LogP contribution is -2.38. The van der Waals surface area contributed by atoms with E-state index in [0.717, 1.165) is 0 Å². The van der Waals surface area contributed by atoms with E-state index < -0.39 is 0 Å². The average molecular weight is 255 g/mol. The lowest BCUT2D eigenvalue weighted by atomic mass is 10.3. The molecule has 1 saturated heterocycles. The van der Waals surface area contributed by atoms with E-state index in [9.17, 15) is 0 Å². The number of nitrogens with zero attached hydrogens (tertiary/aromatic N) is 2. The van der Waals surface area contributed by atoms with Gasteiger partial charge in [-0.1, -0.05) is 0 Å². The van der Waals surface area contributed by atoms with Crippen LogP contribution in [0.1, 0.15) is 5.69 Å². The molecule has 0 unspecified atom stereocenters. The molecule has 2 heterocycles. The van der Waals surface area contributed by atoms with Crippen LogP contribution in [0, 0.1) is 11.3 Å². The molecule has 1 aromatic heterocycles. The van der Waals surface area contributed by atoms with Gasteiger partial charge in [0.2, 0.25) is 5.88 Å². The first-order valence-electron chi connectivity index (χ1n) is 4.10. The number of aromatic nitrogens is 1. The fourth-order valence-electron chi connectivity index (χ4n) is 1.02. The Bertz CT molecular complexity index is 385. The van der Waals surface area contributed by atoms with Crippen LogP contribution in [0.3, 0.4) is 0 Å². The van der Waals surface area contributed by atoms with Crippen molar-refractivity contribution in [3.63, 3.8) is 0 Å². The highest BCUT2D eigenvalue weighted by molar-refractivity contribution is 9.10. The third-order valence-electron chi connectivity index (χ3n) is 1.82. The maximum Gasteiger partial charge on any atom is 0.214 e. The number of pyridine rings is 1. The summed E-state index contributed by atoms with van der Waals surface area (Å²) in [6.45, 7) is 1.19. The molecule has 0 atom stereocenters. The Morgan fingerprint density at radius 2 is 2.36 bits per heavy atom. The second-order valence-corrected chi connectivity index (χ2v) is 3.72. The molecule has 0 saturated carbocycles. The fourth-order valence-corrected chi connectivity index (χ4v) is 1.33. The molecule has 0 bridgehead atoms. The van der Waals surface area contributed by atoms with Crippen LogP contribution in [0.5, 0.6) is 5.88 Å². The molecule has 0 radical (unpaired) electrons. The van der Waals surface area contributed by atoms with Gasteiger partial charge < -0.3 is 9.47 Å². The highest BCUT2D eigenvalue weighted by Crippen LogP contribution is 2.19. The predicted octanol–water partition coefficient (Wildman–Crippen LogP) is 1.49. The molecule has 0 aromatic carbocycles. The van der Waals surface area contributed by atoms with Gasteiger partial charge in [-0.15, -0.1) is 0 Å². The Kier molecular flexibility index (Phi) is 2.66. The summed E-state index contributed by atoms with van der Waals surface area (Å²) >= 11 is 3.22. The van der Waals surface area contributed by atoms with Crippen LogP contribution in [-0.4, -0.2) is 24.3 Å². The standard InChI is InChI=1S/C9H7BrN2O2/c10-7-1-2-9(12-8(7)3-11)14-6-4-13-5-6/h1-2,6H,4-5H2. The number of hydrogen-bond donors (Lipinski definition) is 0. The van der Waals surface area contributed by atoms with E-state index >= 15 is 0 Å². The van der Waals surface area contributed by atoms with Gasteiger partial charge in [0.25, 0.3) is 0 Å². The summed E-state index contributed by atoms with van der Waals surface area (Å²) in [6, 6.07) is 5.45. The first-order valence-corrected chi connectivity index (χ1v) is 4.90. The zero-order valence-electron chi connectivity index (χ0n) is 7.24. The fraction of sp³-hybridized carbons (Fsp3) is 0.333. The number of hydrogen-bond acceptors (Lipinski definition) is 4. The maximum absolute atomic E-state index is 8.73. The molecule has 0 aliphatic carbocycles. The van der Waals surface area contributed by atoms with Crippen molar-refractivity contribution < 1.29 is 9.47 Å². The minimum absolute atomic E-state index is 0.0789. The van der Waals surface area contributed by atoms with Crippen molar-refractivity contribution in [1.82, 2.24) is 4.98 Å². The van der Waals surface area contributed by atoms with Crippen LogP contribution in [0.25, 0.3) is 0 Å². The summed E-state index contributed by atoms with van der Waals surface area (Å²) < 4.78 is 11.1. The first kappa shape index (κ1) is 9.44. The van der Waals surface area contributed by atoms with Gasteiger partial charge in [0, 0.05) is 6.07 Å². The van der Waals surface area contributed by atoms with E-state index in [1.165, 1.54) is 0 Å². The Morgan fingerprint density at radius 3 is 2.93 bits per heavy atom. The normalized spacial score (nSPS) is 15.7. The average Bonchev–Trinajstić information content (AvgIpc) is 2.14. The van der Waals surface area contributed by atoms with E-state index in [4.69, 9.17) is 14.7 Å². The van der Waals surface area contributed by atoms with Crippen molar-refractivity contribution >= 4 is 15.9 Å². The summed E-state index contributed by atoms with van der Waals surface area (Å²) in [4.78, 5) is 4.03. The van der Waals surface area contributed by atoms with Gasteiger partial charge in [-0.05, 0) is 22.0 Å². The zero-order chi connectivity index (χ0) is 9.97. The summed E-state index contributed by atoms with van der Waals surface area (Å²) in [7, 11) is 0. The molecule has 72 valence electrons. The van der Waals surface area contributed by atoms with Crippen LogP contribution in [0.2, 0.25) is 0 Å². The van der Waals surface area contributed by atoms with E-state index in [1.54, 1.807) is 12.1 Å². The smallest absolute Gasteiger partial charge is 0.214 e. The van der Waals surface area contributed by atoms with Gasteiger partial charge in [-0.3, -0.25) is 0 Å². The number of rotatable bonds is 2. The summed E-state index contributed by atoms with van der Waals surface area (Å²) in [5.74, 6) is 0.470. The first-order chi connectivity index (χ1) is 6.79. The van der Waals surface area contributed by atoms with Gasteiger partial charge in [0.05, 0.1) is 17.7 Å². The van der Waals surface area contributed by atoms with Crippen LogP contribution in [0.4, 0.5) is 0 Å². The molecule has 5 heteroatoms. The second-order valence-electron chi connectivity index (χ2n) is 2.87. The van der Waals surface area contributed by atoms with Crippen molar-refractivity contribution in [1.29, 1.82) is 5.26 Å². The second kappa shape index (κ2) is 3.95. The van der Waals surface area contributed by atoms with Crippen molar-refractivity contribution in [2.24, 2.45) is 0 Å². The number of nitriles is 1. The largest absolute Gasteiger partial charge is 0.469 e. The molecule has 14 heavy (non-hydrogen) atoms. The highest BCUT2D eigenvalue weighted by Gasteiger charge is 2.20. The number of ether oxygens (including phenoxy) is 2.